The first-order valence-corrected chi connectivity index (χ1v) is 5.47. The van der Waals surface area contributed by atoms with Crippen LogP contribution in [-0.4, -0.2) is 38.0 Å². The number of hydrogen-bond donors (Lipinski definition) is 0. The lowest BCUT2D eigenvalue weighted by Crippen LogP contribution is -2.34. The molecule has 2 rings (SSSR count). The molecule has 5 heteroatoms. The highest BCUT2D eigenvalue weighted by Crippen LogP contribution is 2.20. The maximum Gasteiger partial charge on any atom is 0.337 e. The first-order chi connectivity index (χ1) is 8.24. The van der Waals surface area contributed by atoms with Gasteiger partial charge in [-0.1, -0.05) is 6.07 Å². The summed E-state index contributed by atoms with van der Waals surface area (Å²) >= 11 is 0. The minimum absolute atomic E-state index is 0.310. The second-order valence-electron chi connectivity index (χ2n) is 3.98. The number of methoxy groups -OCH3 is 1. The maximum atomic E-state index is 11.4. The third-order valence-corrected chi connectivity index (χ3v) is 2.94. The molecule has 17 heavy (non-hydrogen) atoms. The van der Waals surface area contributed by atoms with E-state index in [-0.39, 0.29) is 5.97 Å². The van der Waals surface area contributed by atoms with Crippen LogP contribution in [0.1, 0.15) is 21.5 Å². The van der Waals surface area contributed by atoms with Crippen molar-refractivity contribution in [3.05, 3.63) is 34.9 Å². The number of nitrogens with zero attached hydrogens (tertiary/aromatic N) is 1. The van der Waals surface area contributed by atoms with Crippen LogP contribution in [0.4, 0.5) is 0 Å². The summed E-state index contributed by atoms with van der Waals surface area (Å²) < 4.78 is 4.69. The Bertz CT molecular complexity index is 447. The van der Waals surface area contributed by atoms with Gasteiger partial charge in [-0.15, -0.1) is 0 Å². The van der Waals surface area contributed by atoms with E-state index < -0.39 is 0 Å². The van der Waals surface area contributed by atoms with Crippen molar-refractivity contribution in [2.24, 2.45) is 0 Å². The average Bonchev–Trinajstić information content (AvgIpc) is 2.37. The quantitative estimate of drug-likeness (QED) is 0.434. The molecule has 1 aromatic carbocycles. The van der Waals surface area contributed by atoms with E-state index in [9.17, 15) is 9.59 Å². The zero-order chi connectivity index (χ0) is 12.3. The van der Waals surface area contributed by atoms with Gasteiger partial charge >= 0.3 is 5.97 Å². The fourth-order valence-corrected chi connectivity index (χ4v) is 2.03. The Hall–Kier alpha value is -1.62. The number of hydrogen-bond acceptors (Lipinski definition) is 4. The molecule has 0 saturated heterocycles. The van der Waals surface area contributed by atoms with Crippen LogP contribution in [-0.2, 0) is 22.5 Å². The Morgan fingerprint density at radius 2 is 2.29 bits per heavy atom. The van der Waals surface area contributed by atoms with E-state index in [1.165, 1.54) is 7.11 Å². The Morgan fingerprint density at radius 3 is 3.00 bits per heavy atom. The van der Waals surface area contributed by atoms with Crippen molar-refractivity contribution in [3.8, 4) is 0 Å². The fraction of sp³-hybridized carbons (Fsp3) is 0.333. The Kier molecular flexibility index (Phi) is 3.59. The molecule has 1 aliphatic heterocycles. The van der Waals surface area contributed by atoms with E-state index in [0.29, 0.717) is 5.56 Å². The minimum atomic E-state index is -0.310. The standard InChI is InChI=1S/C12H13BNO3/c1-17-12(16)10-2-3-11-7-14(13-8-15)5-4-9(11)6-10/h2-3,6,8H,4-5,7H2,1H3. The molecule has 1 aromatic rings. The number of carbonyl (C=O) groups is 2. The zero-order valence-electron chi connectivity index (χ0n) is 9.68. The van der Waals surface area contributed by atoms with E-state index in [4.69, 9.17) is 0 Å². The summed E-state index contributed by atoms with van der Waals surface area (Å²) in [5.74, 6) is -0.310. The monoisotopic (exact) mass is 230 g/mol. The topological polar surface area (TPSA) is 46.6 Å². The van der Waals surface area contributed by atoms with Crippen LogP contribution in [0.25, 0.3) is 0 Å². The highest BCUT2D eigenvalue weighted by Gasteiger charge is 2.18. The van der Waals surface area contributed by atoms with Crippen molar-refractivity contribution in [2.45, 2.75) is 13.0 Å². The molecule has 1 heterocycles. The Labute approximate surface area is 101 Å². The van der Waals surface area contributed by atoms with Crippen LogP contribution < -0.4 is 0 Å². The molecule has 0 atom stereocenters. The van der Waals surface area contributed by atoms with Crippen LogP contribution in [0.5, 0.6) is 0 Å². The number of benzene rings is 1. The van der Waals surface area contributed by atoms with Gasteiger partial charge in [-0.2, -0.15) is 0 Å². The molecule has 0 bridgehead atoms. The smallest absolute Gasteiger partial charge is 0.337 e. The van der Waals surface area contributed by atoms with Crippen LogP contribution in [0, 0.1) is 0 Å². The van der Waals surface area contributed by atoms with E-state index in [1.807, 2.05) is 16.9 Å². The van der Waals surface area contributed by atoms with Crippen LogP contribution in [0.3, 0.4) is 0 Å². The summed E-state index contributed by atoms with van der Waals surface area (Å²) in [6.45, 7) is 1.52. The normalized spacial score (nSPS) is 14.9. The molecule has 0 amide bonds. The summed E-state index contributed by atoms with van der Waals surface area (Å²) in [7, 11) is 2.93. The number of rotatable bonds is 3. The van der Waals surface area contributed by atoms with Gasteiger partial charge in [0.2, 0.25) is 0 Å². The van der Waals surface area contributed by atoms with Gasteiger partial charge in [-0.05, 0) is 36.2 Å². The second-order valence-corrected chi connectivity index (χ2v) is 3.98. The molecule has 87 valence electrons. The molecule has 0 aliphatic carbocycles. The van der Waals surface area contributed by atoms with Gasteiger partial charge in [0.15, 0.2) is 0 Å². The first-order valence-electron chi connectivity index (χ1n) is 5.47. The minimum Gasteiger partial charge on any atom is -0.465 e. The van der Waals surface area contributed by atoms with E-state index in [2.05, 4.69) is 4.74 Å². The number of esters is 1. The fourth-order valence-electron chi connectivity index (χ4n) is 2.03. The Morgan fingerprint density at radius 1 is 1.47 bits per heavy atom. The largest absolute Gasteiger partial charge is 0.465 e. The third-order valence-electron chi connectivity index (χ3n) is 2.94. The predicted octanol–water partition coefficient (Wildman–Crippen LogP) is 0.641. The zero-order valence-corrected chi connectivity index (χ0v) is 9.68. The molecule has 0 fully saturated rings. The number of ether oxygens (including phenoxy) is 1. The van der Waals surface area contributed by atoms with Gasteiger partial charge in [0.1, 0.15) is 0 Å². The SMILES string of the molecule is COC(=O)c1ccc2c(c1)CCN([B]C=O)C2. The maximum absolute atomic E-state index is 11.4. The molecular formula is C12H13BNO3. The van der Waals surface area contributed by atoms with Gasteiger partial charge in [0.25, 0.3) is 7.41 Å². The van der Waals surface area contributed by atoms with Gasteiger partial charge in [-0.3, -0.25) is 0 Å². The molecule has 0 saturated carbocycles. The van der Waals surface area contributed by atoms with E-state index in [1.54, 1.807) is 13.5 Å². The van der Waals surface area contributed by atoms with Crippen molar-refractivity contribution in [3.63, 3.8) is 0 Å². The van der Waals surface area contributed by atoms with E-state index >= 15 is 0 Å². The van der Waals surface area contributed by atoms with Crippen molar-refractivity contribution >= 4 is 19.6 Å². The molecule has 4 nitrogen and oxygen atoms in total. The summed E-state index contributed by atoms with van der Waals surface area (Å²) in [6.07, 6.45) is 1.64. The van der Waals surface area contributed by atoms with Crippen molar-refractivity contribution in [1.82, 2.24) is 4.81 Å². The van der Waals surface area contributed by atoms with Gasteiger partial charge in [-0.25, -0.2) is 4.79 Å². The van der Waals surface area contributed by atoms with Crippen molar-refractivity contribution < 1.29 is 14.3 Å². The molecule has 0 aromatic heterocycles. The average molecular weight is 230 g/mol. The first kappa shape index (κ1) is 11.9. The summed E-state index contributed by atoms with van der Waals surface area (Å²) in [6, 6.07) is 5.56. The summed E-state index contributed by atoms with van der Waals surface area (Å²) in [5, 5.41) is 0. The van der Waals surface area contributed by atoms with Crippen LogP contribution in [0.15, 0.2) is 18.2 Å². The molecule has 0 spiro atoms. The van der Waals surface area contributed by atoms with Crippen LogP contribution in [0.2, 0.25) is 0 Å². The Balaban J connectivity index is 2.19. The predicted molar refractivity (Wildman–Crippen MR) is 64.4 cm³/mol. The van der Waals surface area contributed by atoms with Gasteiger partial charge in [0, 0.05) is 6.54 Å². The molecule has 1 aliphatic rings. The lowest BCUT2D eigenvalue weighted by Gasteiger charge is -2.27. The van der Waals surface area contributed by atoms with Gasteiger partial charge in [0.05, 0.1) is 18.9 Å². The molecule has 0 N–H and O–H groups in total. The molecular weight excluding hydrogens is 217 g/mol. The highest BCUT2D eigenvalue weighted by atomic mass is 16.5. The molecule has 0 unspecified atom stereocenters. The third kappa shape index (κ3) is 2.56. The summed E-state index contributed by atoms with van der Waals surface area (Å²) in [4.78, 5) is 23.8. The number of carbonyl (C=O) groups excluding carboxylic acids is 2. The van der Waals surface area contributed by atoms with Gasteiger partial charge < -0.3 is 14.3 Å². The lowest BCUT2D eigenvalue weighted by atomic mass is 9.88. The van der Waals surface area contributed by atoms with E-state index in [0.717, 1.165) is 36.8 Å². The molecule has 1 radical (unpaired) electrons. The summed E-state index contributed by atoms with van der Waals surface area (Å²) in [5.41, 5.74) is 2.89. The van der Waals surface area contributed by atoms with Crippen molar-refractivity contribution in [1.29, 1.82) is 0 Å². The highest BCUT2D eigenvalue weighted by molar-refractivity contribution is 6.64. The second kappa shape index (κ2) is 5.14. The van der Waals surface area contributed by atoms with Crippen molar-refractivity contribution in [2.75, 3.05) is 13.7 Å². The number of fused-ring (bicyclic) bond motifs is 1. The lowest BCUT2D eigenvalue weighted by molar-refractivity contribution is 0.0600. The van der Waals surface area contributed by atoms with Crippen LogP contribution >= 0.6 is 0 Å².